The van der Waals surface area contributed by atoms with Gasteiger partial charge in [0.1, 0.15) is 0 Å². The zero-order chi connectivity index (χ0) is 9.14. The van der Waals surface area contributed by atoms with E-state index in [2.05, 4.69) is 36.7 Å². The predicted octanol–water partition coefficient (Wildman–Crippen LogP) is 3.08. The molecule has 0 aliphatic carbocycles. The standard InChI is InChI=1S/C10H19BrO/c1-7(2)10(11)9-4-5-12-6-8(9)3/h7-10H,4-6H2,1-3H3. The molecular formula is C10H19BrO. The summed E-state index contributed by atoms with van der Waals surface area (Å²) in [5.74, 6) is 2.25. The van der Waals surface area contributed by atoms with Gasteiger partial charge in [-0.25, -0.2) is 0 Å². The van der Waals surface area contributed by atoms with Crippen LogP contribution in [0.3, 0.4) is 0 Å². The highest BCUT2D eigenvalue weighted by Gasteiger charge is 2.29. The molecule has 1 aliphatic rings. The van der Waals surface area contributed by atoms with Gasteiger partial charge in [-0.15, -0.1) is 0 Å². The molecule has 1 fully saturated rings. The minimum absolute atomic E-state index is 0.663. The summed E-state index contributed by atoms with van der Waals surface area (Å²) in [6, 6.07) is 0. The first-order valence-corrected chi connectivity index (χ1v) is 5.76. The average Bonchev–Trinajstić information content (AvgIpc) is 2.04. The van der Waals surface area contributed by atoms with Gasteiger partial charge in [-0.1, -0.05) is 36.7 Å². The summed E-state index contributed by atoms with van der Waals surface area (Å²) in [7, 11) is 0. The van der Waals surface area contributed by atoms with Gasteiger partial charge in [-0.2, -0.15) is 0 Å². The molecule has 72 valence electrons. The summed E-state index contributed by atoms with van der Waals surface area (Å²) in [5, 5.41) is 0. The molecule has 0 spiro atoms. The van der Waals surface area contributed by atoms with E-state index in [1.165, 1.54) is 6.42 Å². The SMILES string of the molecule is CC(C)C(Br)C1CCOCC1C. The summed E-state index contributed by atoms with van der Waals surface area (Å²) in [4.78, 5) is 0.663. The van der Waals surface area contributed by atoms with Crippen molar-refractivity contribution in [1.29, 1.82) is 0 Å². The molecule has 3 unspecified atom stereocenters. The van der Waals surface area contributed by atoms with Crippen molar-refractivity contribution < 1.29 is 4.74 Å². The third kappa shape index (κ3) is 2.46. The lowest BCUT2D eigenvalue weighted by atomic mass is 9.83. The highest BCUT2D eigenvalue weighted by Crippen LogP contribution is 2.32. The second-order valence-corrected chi connectivity index (χ2v) is 5.25. The molecule has 3 atom stereocenters. The van der Waals surface area contributed by atoms with Gasteiger partial charge in [0.15, 0.2) is 0 Å². The molecule has 0 amide bonds. The van der Waals surface area contributed by atoms with Crippen molar-refractivity contribution in [3.05, 3.63) is 0 Å². The Balaban J connectivity index is 2.47. The van der Waals surface area contributed by atoms with Gasteiger partial charge in [0.25, 0.3) is 0 Å². The van der Waals surface area contributed by atoms with Crippen LogP contribution in [0.2, 0.25) is 0 Å². The maximum absolute atomic E-state index is 5.42. The Labute approximate surface area is 84.0 Å². The van der Waals surface area contributed by atoms with Crippen LogP contribution in [0.4, 0.5) is 0 Å². The lowest BCUT2D eigenvalue weighted by Gasteiger charge is -2.34. The molecule has 0 aromatic heterocycles. The lowest BCUT2D eigenvalue weighted by molar-refractivity contribution is 0.0208. The Morgan fingerprint density at radius 3 is 2.58 bits per heavy atom. The predicted molar refractivity (Wildman–Crippen MR) is 55.6 cm³/mol. The first kappa shape index (κ1) is 10.5. The number of hydrogen-bond acceptors (Lipinski definition) is 1. The van der Waals surface area contributed by atoms with E-state index in [4.69, 9.17) is 4.74 Å². The van der Waals surface area contributed by atoms with Crippen molar-refractivity contribution in [3.8, 4) is 0 Å². The summed E-state index contributed by atoms with van der Waals surface area (Å²) in [6.07, 6.45) is 1.22. The molecule has 12 heavy (non-hydrogen) atoms. The summed E-state index contributed by atoms with van der Waals surface area (Å²) >= 11 is 3.79. The van der Waals surface area contributed by atoms with Crippen LogP contribution in [0.5, 0.6) is 0 Å². The third-order valence-electron chi connectivity index (χ3n) is 2.75. The number of ether oxygens (including phenoxy) is 1. The van der Waals surface area contributed by atoms with Crippen molar-refractivity contribution in [2.24, 2.45) is 17.8 Å². The van der Waals surface area contributed by atoms with E-state index >= 15 is 0 Å². The zero-order valence-electron chi connectivity index (χ0n) is 8.22. The number of alkyl halides is 1. The molecule has 0 bridgehead atoms. The van der Waals surface area contributed by atoms with Gasteiger partial charge in [-0.05, 0) is 24.2 Å². The average molecular weight is 235 g/mol. The molecule has 0 aromatic rings. The lowest BCUT2D eigenvalue weighted by Crippen LogP contribution is -2.33. The monoisotopic (exact) mass is 234 g/mol. The highest BCUT2D eigenvalue weighted by molar-refractivity contribution is 9.09. The molecule has 1 saturated heterocycles. The van der Waals surface area contributed by atoms with E-state index < -0.39 is 0 Å². The van der Waals surface area contributed by atoms with Gasteiger partial charge >= 0.3 is 0 Å². The van der Waals surface area contributed by atoms with E-state index in [-0.39, 0.29) is 0 Å². The number of rotatable bonds is 2. The third-order valence-corrected chi connectivity index (χ3v) is 4.49. The van der Waals surface area contributed by atoms with E-state index in [0.717, 1.165) is 25.0 Å². The van der Waals surface area contributed by atoms with Gasteiger partial charge < -0.3 is 4.74 Å². The topological polar surface area (TPSA) is 9.23 Å². The van der Waals surface area contributed by atoms with E-state index in [9.17, 15) is 0 Å². The Kier molecular flexibility index (Phi) is 4.04. The fourth-order valence-electron chi connectivity index (χ4n) is 1.86. The van der Waals surface area contributed by atoms with Crippen molar-refractivity contribution >= 4 is 15.9 Å². The Bertz CT molecular complexity index is 136. The molecule has 0 N–H and O–H groups in total. The summed E-state index contributed by atoms with van der Waals surface area (Å²) < 4.78 is 5.42. The van der Waals surface area contributed by atoms with Crippen molar-refractivity contribution in [3.63, 3.8) is 0 Å². The van der Waals surface area contributed by atoms with Crippen LogP contribution < -0.4 is 0 Å². The van der Waals surface area contributed by atoms with Crippen molar-refractivity contribution in [1.82, 2.24) is 0 Å². The van der Waals surface area contributed by atoms with E-state index in [0.29, 0.717) is 10.7 Å². The molecule has 1 rings (SSSR count). The van der Waals surface area contributed by atoms with Crippen LogP contribution in [-0.2, 0) is 4.74 Å². The maximum atomic E-state index is 5.42. The van der Waals surface area contributed by atoms with Crippen LogP contribution >= 0.6 is 15.9 Å². The molecule has 1 heterocycles. The summed E-state index contributed by atoms with van der Waals surface area (Å²) in [5.41, 5.74) is 0. The van der Waals surface area contributed by atoms with Crippen LogP contribution in [0, 0.1) is 17.8 Å². The molecule has 0 aromatic carbocycles. The van der Waals surface area contributed by atoms with Crippen molar-refractivity contribution in [2.75, 3.05) is 13.2 Å². The maximum Gasteiger partial charge on any atom is 0.0494 e. The first-order chi connectivity index (χ1) is 5.63. The Morgan fingerprint density at radius 2 is 2.08 bits per heavy atom. The smallest absolute Gasteiger partial charge is 0.0494 e. The quantitative estimate of drug-likeness (QED) is 0.668. The van der Waals surface area contributed by atoms with Gasteiger partial charge in [-0.3, -0.25) is 0 Å². The normalized spacial score (nSPS) is 33.8. The van der Waals surface area contributed by atoms with Gasteiger partial charge in [0.2, 0.25) is 0 Å². The van der Waals surface area contributed by atoms with Crippen LogP contribution in [-0.4, -0.2) is 18.0 Å². The molecular weight excluding hydrogens is 216 g/mol. The first-order valence-electron chi connectivity index (χ1n) is 4.84. The van der Waals surface area contributed by atoms with Gasteiger partial charge in [0, 0.05) is 18.0 Å². The molecule has 2 heteroatoms. The van der Waals surface area contributed by atoms with E-state index in [1.807, 2.05) is 0 Å². The van der Waals surface area contributed by atoms with E-state index in [1.54, 1.807) is 0 Å². The fourth-order valence-corrected chi connectivity index (χ4v) is 2.65. The Morgan fingerprint density at radius 1 is 1.42 bits per heavy atom. The molecule has 1 aliphatic heterocycles. The molecule has 0 radical (unpaired) electrons. The zero-order valence-corrected chi connectivity index (χ0v) is 9.80. The highest BCUT2D eigenvalue weighted by atomic mass is 79.9. The second-order valence-electron chi connectivity index (χ2n) is 4.19. The second kappa shape index (κ2) is 4.61. The Hall–Kier alpha value is 0.440. The minimum Gasteiger partial charge on any atom is -0.381 e. The largest absolute Gasteiger partial charge is 0.381 e. The summed E-state index contributed by atoms with van der Waals surface area (Å²) in [6.45, 7) is 8.74. The van der Waals surface area contributed by atoms with Crippen molar-refractivity contribution in [2.45, 2.75) is 32.0 Å². The molecule has 1 nitrogen and oxygen atoms in total. The minimum atomic E-state index is 0.663. The van der Waals surface area contributed by atoms with Crippen LogP contribution in [0.15, 0.2) is 0 Å². The molecule has 0 saturated carbocycles. The van der Waals surface area contributed by atoms with Crippen LogP contribution in [0.1, 0.15) is 27.2 Å². The van der Waals surface area contributed by atoms with Gasteiger partial charge in [0.05, 0.1) is 0 Å². The van der Waals surface area contributed by atoms with Crippen LogP contribution in [0.25, 0.3) is 0 Å². The number of halogens is 1. The fraction of sp³-hybridized carbons (Fsp3) is 1.00. The number of hydrogen-bond donors (Lipinski definition) is 0.